The highest BCUT2D eigenvalue weighted by Gasteiger charge is 2.55. The number of amides is 1. The van der Waals surface area contributed by atoms with Gasteiger partial charge < -0.3 is 19.0 Å². The Labute approximate surface area is 215 Å². The molecule has 1 aromatic carbocycles. The number of H-pyrrole nitrogens is 1. The van der Waals surface area contributed by atoms with E-state index >= 15 is 0 Å². The molecule has 0 unspecified atom stereocenters. The van der Waals surface area contributed by atoms with Crippen LogP contribution in [0, 0.1) is 5.41 Å². The Bertz CT molecular complexity index is 1070. The summed E-state index contributed by atoms with van der Waals surface area (Å²) in [5, 5.41) is 0. The minimum absolute atomic E-state index is 0. The number of hydrogen-bond donors (Lipinski definition) is 1. The average molecular weight is 499 g/mol. The Morgan fingerprint density at radius 2 is 1.71 bits per heavy atom. The van der Waals surface area contributed by atoms with Gasteiger partial charge in [-0.15, -0.1) is 0 Å². The number of carbonyl (C=O) groups excluding carboxylic acids is 1. The number of imidazole rings is 1. The largest absolute Gasteiger partial charge is 0.494 e. The van der Waals surface area contributed by atoms with Crippen LogP contribution in [0.5, 0.6) is 0 Å². The third-order valence-corrected chi connectivity index (χ3v) is 7.75. The van der Waals surface area contributed by atoms with E-state index < -0.39 is 5.60 Å². The molecule has 1 spiro atoms. The zero-order chi connectivity index (χ0) is 24.5. The van der Waals surface area contributed by atoms with E-state index in [1.807, 2.05) is 44.0 Å². The zero-order valence-corrected chi connectivity index (χ0v) is 22.9. The summed E-state index contributed by atoms with van der Waals surface area (Å²) < 4.78 is 18.0. The first kappa shape index (κ1) is 26.1. The van der Waals surface area contributed by atoms with Crippen LogP contribution in [0.15, 0.2) is 30.5 Å². The monoisotopic (exact) mass is 499 g/mol. The van der Waals surface area contributed by atoms with E-state index in [0.717, 1.165) is 48.4 Å². The Morgan fingerprint density at radius 1 is 1.11 bits per heavy atom. The predicted molar refractivity (Wildman–Crippen MR) is 142 cm³/mol. The summed E-state index contributed by atoms with van der Waals surface area (Å²) in [5.74, 6) is 0.819. The van der Waals surface area contributed by atoms with Crippen LogP contribution in [0.4, 0.5) is 4.79 Å². The lowest BCUT2D eigenvalue weighted by Crippen LogP contribution is -2.41. The molecule has 0 bridgehead atoms. The van der Waals surface area contributed by atoms with Gasteiger partial charge in [0.2, 0.25) is 0 Å². The number of nitrogens with zero attached hydrogens (tertiary/aromatic N) is 2. The molecular weight excluding hydrogens is 461 g/mol. The van der Waals surface area contributed by atoms with Crippen LogP contribution < -0.4 is 5.46 Å². The van der Waals surface area contributed by atoms with Crippen LogP contribution in [0.3, 0.4) is 0 Å². The fraction of sp³-hybridized carbons (Fsp3) is 0.615. The second-order valence-electron chi connectivity index (χ2n) is 12.2. The maximum Gasteiger partial charge on any atom is 0.494 e. The normalized spacial score (nSPS) is 23.9. The van der Waals surface area contributed by atoms with Crippen LogP contribution in [-0.2, 0) is 14.0 Å². The molecule has 2 aromatic rings. The molecule has 9 heteroatoms. The standard InChI is InChI=1S/C26H36BN3O4.H2S/c1-23(2,3)32-22(31)30-16-26(12-13-26)14-20(30)21-28-15-19(29-21)17-8-10-18(11-9-17)27-33-24(4,5)25(6,7)34-27;/h8-11,15,20H,12-14,16H2,1-7H3,(H,28,29);1H2/t20-;/m0./s1. The van der Waals surface area contributed by atoms with Gasteiger partial charge in [0, 0.05) is 6.54 Å². The summed E-state index contributed by atoms with van der Waals surface area (Å²) in [4.78, 5) is 23.0. The molecule has 5 rings (SSSR count). The lowest BCUT2D eigenvalue weighted by Gasteiger charge is -2.32. The number of ether oxygens (including phenoxy) is 1. The maximum atomic E-state index is 12.9. The van der Waals surface area contributed by atoms with Gasteiger partial charge in [-0.3, -0.25) is 4.90 Å². The molecule has 1 aromatic heterocycles. The van der Waals surface area contributed by atoms with Gasteiger partial charge in [0.05, 0.1) is 29.1 Å². The van der Waals surface area contributed by atoms with E-state index in [-0.39, 0.29) is 49.4 Å². The van der Waals surface area contributed by atoms with Crippen molar-refractivity contribution < 1.29 is 18.8 Å². The second-order valence-corrected chi connectivity index (χ2v) is 12.2. The van der Waals surface area contributed by atoms with Crippen LogP contribution in [0.1, 0.15) is 79.6 Å². The van der Waals surface area contributed by atoms with Gasteiger partial charge in [-0.05, 0) is 84.2 Å². The molecule has 1 atom stereocenters. The van der Waals surface area contributed by atoms with E-state index in [4.69, 9.17) is 14.0 Å². The number of rotatable bonds is 3. The van der Waals surface area contributed by atoms with Crippen LogP contribution >= 0.6 is 13.5 Å². The highest BCUT2D eigenvalue weighted by atomic mass is 32.1. The Hall–Kier alpha value is -1.97. The van der Waals surface area contributed by atoms with Crippen molar-refractivity contribution in [2.75, 3.05) is 6.54 Å². The Kier molecular flexibility index (Phi) is 6.39. The molecule has 0 radical (unpaired) electrons. The number of nitrogens with one attached hydrogen (secondary N) is 1. The highest BCUT2D eigenvalue weighted by molar-refractivity contribution is 7.59. The molecule has 1 aliphatic carbocycles. The molecule has 1 N–H and O–H groups in total. The predicted octanol–water partition coefficient (Wildman–Crippen LogP) is 4.95. The van der Waals surface area contributed by atoms with Crippen LogP contribution in [0.25, 0.3) is 11.3 Å². The quantitative estimate of drug-likeness (QED) is 0.605. The van der Waals surface area contributed by atoms with Gasteiger partial charge in [0.15, 0.2) is 0 Å². The van der Waals surface area contributed by atoms with Crippen molar-refractivity contribution in [3.8, 4) is 11.3 Å². The summed E-state index contributed by atoms with van der Waals surface area (Å²) >= 11 is 0. The Morgan fingerprint density at radius 3 is 2.26 bits per heavy atom. The summed E-state index contributed by atoms with van der Waals surface area (Å²) in [6, 6.07) is 8.11. The molecule has 2 aliphatic heterocycles. The minimum Gasteiger partial charge on any atom is -0.444 e. The molecule has 2 saturated heterocycles. The molecule has 1 amide bonds. The number of aromatic nitrogens is 2. The number of hydrogen-bond acceptors (Lipinski definition) is 5. The summed E-state index contributed by atoms with van der Waals surface area (Å²) in [5.41, 5.74) is 1.93. The van der Waals surface area contributed by atoms with E-state index in [1.165, 1.54) is 0 Å². The molecular formula is C26H38BN3O4S. The van der Waals surface area contributed by atoms with Crippen molar-refractivity contribution in [1.82, 2.24) is 14.9 Å². The minimum atomic E-state index is -0.520. The summed E-state index contributed by atoms with van der Waals surface area (Å²) in [7, 11) is -0.382. The van der Waals surface area contributed by atoms with Gasteiger partial charge >= 0.3 is 13.2 Å². The second kappa shape index (κ2) is 8.56. The lowest BCUT2D eigenvalue weighted by molar-refractivity contribution is 0.00578. The first-order chi connectivity index (χ1) is 15.8. The van der Waals surface area contributed by atoms with E-state index in [2.05, 4.69) is 49.8 Å². The van der Waals surface area contributed by atoms with Crippen LogP contribution in [-0.4, -0.2) is 51.4 Å². The third-order valence-electron chi connectivity index (χ3n) is 7.75. The summed E-state index contributed by atoms with van der Waals surface area (Å²) in [6.07, 6.45) is 4.85. The Balaban J connectivity index is 0.00000289. The van der Waals surface area contributed by atoms with E-state index in [1.54, 1.807) is 0 Å². The van der Waals surface area contributed by atoms with Gasteiger partial charge in [0.1, 0.15) is 11.4 Å². The topological polar surface area (TPSA) is 76.7 Å². The fourth-order valence-electron chi connectivity index (χ4n) is 4.80. The molecule has 1 saturated carbocycles. The van der Waals surface area contributed by atoms with E-state index in [9.17, 15) is 4.79 Å². The molecule has 190 valence electrons. The van der Waals surface area contributed by atoms with E-state index in [0.29, 0.717) is 0 Å². The van der Waals surface area contributed by atoms with Gasteiger partial charge in [-0.1, -0.05) is 24.3 Å². The third kappa shape index (κ3) is 5.00. The smallest absolute Gasteiger partial charge is 0.444 e. The van der Waals surface area contributed by atoms with Crippen molar-refractivity contribution >= 4 is 32.2 Å². The first-order valence-electron chi connectivity index (χ1n) is 12.3. The van der Waals surface area contributed by atoms with Gasteiger partial charge in [-0.25, -0.2) is 9.78 Å². The van der Waals surface area contributed by atoms with Gasteiger partial charge in [-0.2, -0.15) is 13.5 Å². The number of likely N-dealkylation sites (tertiary alicyclic amines) is 1. The van der Waals surface area contributed by atoms with Crippen molar-refractivity contribution in [3.63, 3.8) is 0 Å². The first-order valence-corrected chi connectivity index (χ1v) is 12.3. The fourth-order valence-corrected chi connectivity index (χ4v) is 4.80. The maximum absolute atomic E-state index is 12.9. The molecule has 3 aliphatic rings. The van der Waals surface area contributed by atoms with Crippen molar-refractivity contribution in [3.05, 3.63) is 36.3 Å². The zero-order valence-electron chi connectivity index (χ0n) is 21.9. The molecule has 3 fully saturated rings. The SMILES string of the molecule is CC(C)(C)OC(=O)N1CC2(CC2)C[C@H]1c1ncc(-c2ccc(B3OC(C)(C)C(C)(C)O3)cc2)[nH]1.S. The van der Waals surface area contributed by atoms with Crippen molar-refractivity contribution in [1.29, 1.82) is 0 Å². The highest BCUT2D eigenvalue weighted by Crippen LogP contribution is 2.58. The number of carbonyl (C=O) groups is 1. The average Bonchev–Trinajstić information content (AvgIpc) is 3.06. The summed E-state index contributed by atoms with van der Waals surface area (Å²) in [6.45, 7) is 14.7. The van der Waals surface area contributed by atoms with Crippen molar-refractivity contribution in [2.24, 2.45) is 5.41 Å². The van der Waals surface area contributed by atoms with Crippen molar-refractivity contribution in [2.45, 2.75) is 90.6 Å². The molecule has 35 heavy (non-hydrogen) atoms. The van der Waals surface area contributed by atoms with Gasteiger partial charge in [0.25, 0.3) is 0 Å². The number of benzene rings is 1. The lowest BCUT2D eigenvalue weighted by atomic mass is 9.79. The number of aromatic amines is 1. The molecule has 7 nitrogen and oxygen atoms in total. The molecule has 3 heterocycles. The van der Waals surface area contributed by atoms with Crippen LogP contribution in [0.2, 0.25) is 0 Å².